The van der Waals surface area contributed by atoms with Gasteiger partial charge in [0.2, 0.25) is 0 Å². The largest absolute Gasteiger partial charge is 0.364 e. The van der Waals surface area contributed by atoms with Crippen LogP contribution in [0.2, 0.25) is 0 Å². The maximum absolute atomic E-state index is 9.66. The van der Waals surface area contributed by atoms with E-state index in [9.17, 15) is 5.11 Å². The van der Waals surface area contributed by atoms with E-state index in [0.29, 0.717) is 17.2 Å². The van der Waals surface area contributed by atoms with Gasteiger partial charge in [-0.1, -0.05) is 0 Å². The minimum atomic E-state index is -1.05. The number of nitrogens with zero attached hydrogens (tertiary/aromatic N) is 5. The van der Waals surface area contributed by atoms with Crippen LogP contribution in [0.5, 0.6) is 0 Å². The lowest BCUT2D eigenvalue weighted by atomic mass is 10.2. The van der Waals surface area contributed by atoms with Crippen LogP contribution in [0, 0.1) is 6.92 Å². The van der Waals surface area contributed by atoms with E-state index in [1.807, 2.05) is 0 Å². The molecule has 2 rings (SSSR count). The topological polar surface area (TPSA) is 86.0 Å². The molecule has 0 amide bonds. The van der Waals surface area contributed by atoms with Crippen molar-refractivity contribution in [2.24, 2.45) is 0 Å². The Kier molecular flexibility index (Phi) is 2.88. The zero-order valence-corrected chi connectivity index (χ0v) is 8.90. The van der Waals surface area contributed by atoms with E-state index >= 15 is 0 Å². The summed E-state index contributed by atoms with van der Waals surface area (Å²) in [5, 5.41) is 20.7. The van der Waals surface area contributed by atoms with E-state index < -0.39 is 6.29 Å². The molecule has 0 fully saturated rings. The first-order chi connectivity index (χ1) is 7.74. The number of aliphatic hydroxyl groups is 1. The highest BCUT2D eigenvalue weighted by molar-refractivity contribution is 5.33. The number of pyridine rings is 1. The Bertz CT molecular complexity index is 484. The fourth-order valence-corrected chi connectivity index (χ4v) is 1.33. The smallest absolute Gasteiger partial charge is 0.184 e. The number of aromatic nitrogens is 5. The number of aryl methyl sites for hydroxylation is 1. The van der Waals surface area contributed by atoms with Crippen LogP contribution in [0.25, 0.3) is 5.82 Å². The highest BCUT2D eigenvalue weighted by Crippen LogP contribution is 2.19. The summed E-state index contributed by atoms with van der Waals surface area (Å²) in [6.45, 7) is 1.75. The Balaban J connectivity index is 2.53. The molecule has 0 saturated carbocycles. The third-order valence-corrected chi connectivity index (χ3v) is 2.13. The standard InChI is InChI=1S/C9H11N5O2/c1-6-11-12-13-14(6)8-7(9(15)16-2)4-3-5-10-8/h3-5,9,15H,1-2H3. The van der Waals surface area contributed by atoms with Gasteiger partial charge in [0.05, 0.1) is 5.56 Å². The van der Waals surface area contributed by atoms with Crippen molar-refractivity contribution in [3.63, 3.8) is 0 Å². The molecule has 84 valence electrons. The molecule has 2 aromatic rings. The number of aliphatic hydroxyl groups excluding tert-OH is 1. The van der Waals surface area contributed by atoms with Crippen LogP contribution in [-0.2, 0) is 4.74 Å². The van der Waals surface area contributed by atoms with Crippen LogP contribution in [0.3, 0.4) is 0 Å². The highest BCUT2D eigenvalue weighted by atomic mass is 16.6. The maximum Gasteiger partial charge on any atom is 0.184 e. The SMILES string of the molecule is COC(O)c1cccnc1-n1nnnc1C. The molecule has 7 nitrogen and oxygen atoms in total. The number of hydrogen-bond acceptors (Lipinski definition) is 6. The van der Waals surface area contributed by atoms with Crippen LogP contribution in [0.4, 0.5) is 0 Å². The normalized spacial score (nSPS) is 12.7. The summed E-state index contributed by atoms with van der Waals surface area (Å²) in [4.78, 5) is 4.13. The van der Waals surface area contributed by atoms with Gasteiger partial charge >= 0.3 is 0 Å². The molecule has 0 aromatic carbocycles. The van der Waals surface area contributed by atoms with Crippen molar-refractivity contribution in [3.8, 4) is 5.82 Å². The van der Waals surface area contributed by atoms with Crippen LogP contribution >= 0.6 is 0 Å². The summed E-state index contributed by atoms with van der Waals surface area (Å²) < 4.78 is 6.29. The Morgan fingerprint density at radius 1 is 1.50 bits per heavy atom. The van der Waals surface area contributed by atoms with Crippen molar-refractivity contribution >= 4 is 0 Å². The molecule has 0 radical (unpaired) electrons. The summed E-state index contributed by atoms with van der Waals surface area (Å²) in [6, 6.07) is 3.42. The third-order valence-electron chi connectivity index (χ3n) is 2.13. The Labute approximate surface area is 91.7 Å². The summed E-state index contributed by atoms with van der Waals surface area (Å²) in [6.07, 6.45) is 0.551. The Morgan fingerprint density at radius 2 is 2.31 bits per heavy atom. The molecule has 1 N–H and O–H groups in total. The molecule has 0 aliphatic carbocycles. The Hall–Kier alpha value is -1.86. The predicted octanol–water partition coefficient (Wildman–Crippen LogP) is 0.00302. The Morgan fingerprint density at radius 3 is 2.94 bits per heavy atom. The minimum absolute atomic E-state index is 0.458. The molecule has 2 heterocycles. The number of hydrogen-bond donors (Lipinski definition) is 1. The number of tetrazole rings is 1. The zero-order valence-electron chi connectivity index (χ0n) is 8.90. The summed E-state index contributed by atoms with van der Waals surface area (Å²) in [5.74, 6) is 1.04. The first kappa shape index (κ1) is 10.7. The molecule has 0 bridgehead atoms. The molecule has 0 spiro atoms. The average Bonchev–Trinajstić information content (AvgIpc) is 2.74. The van der Waals surface area contributed by atoms with Gasteiger partial charge in [0, 0.05) is 13.3 Å². The van der Waals surface area contributed by atoms with Crippen molar-refractivity contribution in [1.29, 1.82) is 0 Å². The molecule has 0 aliphatic rings. The van der Waals surface area contributed by atoms with Crippen LogP contribution < -0.4 is 0 Å². The lowest BCUT2D eigenvalue weighted by molar-refractivity contribution is -0.0771. The molecule has 1 atom stereocenters. The summed E-state index contributed by atoms with van der Waals surface area (Å²) in [7, 11) is 1.41. The van der Waals surface area contributed by atoms with Gasteiger partial charge in [0.15, 0.2) is 17.9 Å². The zero-order chi connectivity index (χ0) is 11.5. The van der Waals surface area contributed by atoms with Crippen LogP contribution in [-0.4, -0.2) is 37.4 Å². The van der Waals surface area contributed by atoms with Crippen molar-refractivity contribution in [3.05, 3.63) is 29.7 Å². The first-order valence-corrected chi connectivity index (χ1v) is 4.65. The molecule has 0 aliphatic heterocycles. The number of rotatable bonds is 3. The molecule has 16 heavy (non-hydrogen) atoms. The van der Waals surface area contributed by atoms with E-state index in [0.717, 1.165) is 0 Å². The van der Waals surface area contributed by atoms with E-state index in [-0.39, 0.29) is 0 Å². The van der Waals surface area contributed by atoms with E-state index in [4.69, 9.17) is 4.74 Å². The second-order valence-corrected chi connectivity index (χ2v) is 3.14. The molecule has 7 heteroatoms. The maximum atomic E-state index is 9.66. The van der Waals surface area contributed by atoms with Crippen LogP contribution in [0.1, 0.15) is 17.7 Å². The number of ether oxygens (including phenoxy) is 1. The second kappa shape index (κ2) is 4.33. The predicted molar refractivity (Wildman–Crippen MR) is 53.7 cm³/mol. The first-order valence-electron chi connectivity index (χ1n) is 4.65. The van der Waals surface area contributed by atoms with Gasteiger partial charge in [0.1, 0.15) is 0 Å². The summed E-state index contributed by atoms with van der Waals surface area (Å²) >= 11 is 0. The van der Waals surface area contributed by atoms with Crippen molar-refractivity contribution < 1.29 is 9.84 Å². The minimum Gasteiger partial charge on any atom is -0.364 e. The van der Waals surface area contributed by atoms with Crippen LogP contribution in [0.15, 0.2) is 18.3 Å². The van der Waals surface area contributed by atoms with Crippen molar-refractivity contribution in [2.75, 3.05) is 7.11 Å². The summed E-state index contributed by atoms with van der Waals surface area (Å²) in [5.41, 5.74) is 0.514. The molecular weight excluding hydrogens is 210 g/mol. The van der Waals surface area contributed by atoms with Gasteiger partial charge in [-0.05, 0) is 29.5 Å². The van der Waals surface area contributed by atoms with Gasteiger partial charge in [-0.3, -0.25) is 0 Å². The van der Waals surface area contributed by atoms with Gasteiger partial charge in [-0.15, -0.1) is 5.10 Å². The third kappa shape index (κ3) is 1.77. The quantitative estimate of drug-likeness (QED) is 0.734. The monoisotopic (exact) mass is 221 g/mol. The van der Waals surface area contributed by atoms with Crippen molar-refractivity contribution in [1.82, 2.24) is 25.2 Å². The fourth-order valence-electron chi connectivity index (χ4n) is 1.33. The molecular formula is C9H11N5O2. The van der Waals surface area contributed by atoms with Gasteiger partial charge in [-0.25, -0.2) is 4.98 Å². The average molecular weight is 221 g/mol. The fraction of sp³-hybridized carbons (Fsp3) is 0.333. The van der Waals surface area contributed by atoms with E-state index in [1.165, 1.54) is 11.8 Å². The second-order valence-electron chi connectivity index (χ2n) is 3.14. The van der Waals surface area contributed by atoms with Crippen molar-refractivity contribution in [2.45, 2.75) is 13.2 Å². The molecule has 2 aromatic heterocycles. The highest BCUT2D eigenvalue weighted by Gasteiger charge is 2.16. The van der Waals surface area contributed by atoms with E-state index in [1.54, 1.807) is 25.3 Å². The van der Waals surface area contributed by atoms with Gasteiger partial charge in [0.25, 0.3) is 0 Å². The van der Waals surface area contributed by atoms with Gasteiger partial charge < -0.3 is 9.84 Å². The van der Waals surface area contributed by atoms with Gasteiger partial charge in [-0.2, -0.15) is 4.68 Å². The lowest BCUT2D eigenvalue weighted by Crippen LogP contribution is -2.10. The molecule has 0 saturated heterocycles. The molecule has 1 unspecified atom stereocenters. The lowest BCUT2D eigenvalue weighted by Gasteiger charge is -2.12. The number of methoxy groups -OCH3 is 1. The van der Waals surface area contributed by atoms with E-state index in [2.05, 4.69) is 20.5 Å².